The van der Waals surface area contributed by atoms with Crippen molar-refractivity contribution in [2.45, 2.75) is 39.4 Å². The Labute approximate surface area is 120 Å². The number of rotatable bonds is 4. The predicted octanol–water partition coefficient (Wildman–Crippen LogP) is 2.36. The fourth-order valence-electron chi connectivity index (χ4n) is 2.15. The lowest BCUT2D eigenvalue weighted by Gasteiger charge is -2.27. The van der Waals surface area contributed by atoms with E-state index in [9.17, 15) is 0 Å². The summed E-state index contributed by atoms with van der Waals surface area (Å²) in [4.78, 5) is 0. The van der Waals surface area contributed by atoms with Crippen molar-refractivity contribution in [3.63, 3.8) is 0 Å². The Balaban J connectivity index is 2.19. The van der Waals surface area contributed by atoms with Gasteiger partial charge in [-0.05, 0) is 57.6 Å². The van der Waals surface area contributed by atoms with E-state index in [1.165, 1.54) is 0 Å². The third kappa shape index (κ3) is 2.82. The number of hydrazine groups is 1. The van der Waals surface area contributed by atoms with E-state index in [0.717, 1.165) is 16.4 Å². The average Bonchev–Trinajstić information content (AvgIpc) is 2.67. The molecule has 104 valence electrons. The summed E-state index contributed by atoms with van der Waals surface area (Å²) < 4.78 is 5.46. The molecule has 0 aliphatic carbocycles. The van der Waals surface area contributed by atoms with Crippen LogP contribution in [0.4, 0.5) is 0 Å². The fraction of sp³-hybridized carbons (Fsp3) is 0.500. The second-order valence-electron chi connectivity index (χ2n) is 5.09. The number of thiocarbonyl (C=S) groups is 1. The van der Waals surface area contributed by atoms with Crippen LogP contribution < -0.4 is 15.5 Å². The highest BCUT2D eigenvalue weighted by atomic mass is 32.1. The molecular weight excluding hydrogens is 258 g/mol. The van der Waals surface area contributed by atoms with Gasteiger partial charge in [-0.2, -0.15) is 0 Å². The van der Waals surface area contributed by atoms with E-state index in [-0.39, 0.29) is 5.66 Å². The van der Waals surface area contributed by atoms with E-state index >= 15 is 0 Å². The van der Waals surface area contributed by atoms with Crippen LogP contribution in [0.3, 0.4) is 0 Å². The third-order valence-corrected chi connectivity index (χ3v) is 3.48. The van der Waals surface area contributed by atoms with Crippen molar-refractivity contribution in [1.82, 2.24) is 15.8 Å². The normalized spacial score (nSPS) is 22.8. The molecule has 1 aliphatic heterocycles. The molecule has 19 heavy (non-hydrogen) atoms. The first kappa shape index (κ1) is 14.1. The molecule has 5 heteroatoms. The number of ether oxygens (including phenoxy) is 1. The summed E-state index contributed by atoms with van der Waals surface area (Å²) >= 11 is 5.36. The molecule has 4 nitrogen and oxygen atoms in total. The molecule has 0 radical (unpaired) electrons. The van der Waals surface area contributed by atoms with Crippen molar-refractivity contribution in [3.05, 3.63) is 29.8 Å². The Morgan fingerprint density at radius 1 is 1.32 bits per heavy atom. The summed E-state index contributed by atoms with van der Waals surface area (Å²) in [5.41, 5.74) is 4.18. The van der Waals surface area contributed by atoms with Crippen LogP contribution >= 0.6 is 12.2 Å². The Morgan fingerprint density at radius 2 is 1.95 bits per heavy atom. The van der Waals surface area contributed by atoms with E-state index in [1.807, 2.05) is 24.1 Å². The van der Waals surface area contributed by atoms with Gasteiger partial charge in [-0.1, -0.05) is 12.1 Å². The summed E-state index contributed by atoms with van der Waals surface area (Å²) in [5, 5.41) is 6.04. The topological polar surface area (TPSA) is 36.5 Å². The first-order valence-electron chi connectivity index (χ1n) is 6.59. The van der Waals surface area contributed by atoms with Gasteiger partial charge in [-0.15, -0.1) is 0 Å². The first-order chi connectivity index (χ1) is 8.96. The van der Waals surface area contributed by atoms with Gasteiger partial charge < -0.3 is 10.1 Å². The zero-order valence-electron chi connectivity index (χ0n) is 11.9. The van der Waals surface area contributed by atoms with Crippen LogP contribution in [-0.2, 0) is 5.66 Å². The van der Waals surface area contributed by atoms with Gasteiger partial charge in [-0.3, -0.25) is 5.01 Å². The van der Waals surface area contributed by atoms with Gasteiger partial charge in [0.2, 0.25) is 0 Å². The number of benzene rings is 1. The summed E-state index contributed by atoms with van der Waals surface area (Å²) in [5.74, 6) is 0.885. The van der Waals surface area contributed by atoms with Crippen LogP contribution in [0.1, 0.15) is 33.3 Å². The third-order valence-electron chi connectivity index (χ3n) is 3.18. The first-order valence-corrected chi connectivity index (χ1v) is 6.99. The molecule has 0 aromatic heterocycles. The SMILES string of the molecule is CCOc1ccc([C@@]2(C)NC(=S)N(C(C)C)N2)cc1. The van der Waals surface area contributed by atoms with Gasteiger partial charge in [-0.25, -0.2) is 5.43 Å². The number of hydrogen-bond acceptors (Lipinski definition) is 3. The summed E-state index contributed by atoms with van der Waals surface area (Å²) in [7, 11) is 0. The molecule has 0 spiro atoms. The molecule has 1 heterocycles. The van der Waals surface area contributed by atoms with Gasteiger partial charge >= 0.3 is 0 Å². The Morgan fingerprint density at radius 3 is 2.42 bits per heavy atom. The highest BCUT2D eigenvalue weighted by molar-refractivity contribution is 7.80. The van der Waals surface area contributed by atoms with E-state index in [1.54, 1.807) is 0 Å². The van der Waals surface area contributed by atoms with Crippen molar-refractivity contribution in [3.8, 4) is 5.75 Å². The molecule has 1 saturated heterocycles. The number of hydrogen-bond donors (Lipinski definition) is 2. The molecule has 0 bridgehead atoms. The molecule has 0 unspecified atom stereocenters. The van der Waals surface area contributed by atoms with Gasteiger partial charge in [0.1, 0.15) is 11.4 Å². The molecule has 2 rings (SSSR count). The minimum atomic E-state index is -0.369. The van der Waals surface area contributed by atoms with E-state index in [4.69, 9.17) is 17.0 Å². The van der Waals surface area contributed by atoms with Crippen molar-refractivity contribution >= 4 is 17.3 Å². The highest BCUT2D eigenvalue weighted by Crippen LogP contribution is 2.25. The van der Waals surface area contributed by atoms with Gasteiger partial charge in [0, 0.05) is 6.04 Å². The number of nitrogens with zero attached hydrogens (tertiary/aromatic N) is 1. The fourth-order valence-corrected chi connectivity index (χ4v) is 2.61. The summed E-state index contributed by atoms with van der Waals surface area (Å²) in [6, 6.07) is 8.38. The zero-order chi connectivity index (χ0) is 14.0. The molecular formula is C14H21N3OS. The lowest BCUT2D eigenvalue weighted by atomic mass is 10.0. The van der Waals surface area contributed by atoms with Crippen molar-refractivity contribution in [2.24, 2.45) is 0 Å². The van der Waals surface area contributed by atoms with E-state index in [0.29, 0.717) is 12.6 Å². The minimum absolute atomic E-state index is 0.310. The molecule has 1 aromatic carbocycles. The standard InChI is InChI=1S/C14H21N3OS/c1-5-18-12-8-6-11(7-9-12)14(4)15-13(19)17(16-14)10(2)3/h6-10,16H,5H2,1-4H3,(H,15,19)/t14-/m0/s1. The predicted molar refractivity (Wildman–Crippen MR) is 80.8 cm³/mol. The van der Waals surface area contributed by atoms with Crippen molar-refractivity contribution < 1.29 is 4.74 Å². The largest absolute Gasteiger partial charge is 0.494 e. The molecule has 2 N–H and O–H groups in total. The van der Waals surface area contributed by atoms with Gasteiger partial charge in [0.25, 0.3) is 0 Å². The number of nitrogens with one attached hydrogen (secondary N) is 2. The molecule has 0 amide bonds. The van der Waals surface area contributed by atoms with Gasteiger partial charge in [0.05, 0.1) is 6.61 Å². The smallest absolute Gasteiger partial charge is 0.185 e. The molecule has 1 fully saturated rings. The maximum atomic E-state index is 5.46. The van der Waals surface area contributed by atoms with Gasteiger partial charge in [0.15, 0.2) is 5.11 Å². The zero-order valence-corrected chi connectivity index (χ0v) is 12.7. The van der Waals surface area contributed by atoms with Crippen LogP contribution in [0.15, 0.2) is 24.3 Å². The molecule has 0 saturated carbocycles. The van der Waals surface area contributed by atoms with Crippen LogP contribution in [0.25, 0.3) is 0 Å². The maximum absolute atomic E-state index is 5.46. The second-order valence-corrected chi connectivity index (χ2v) is 5.47. The minimum Gasteiger partial charge on any atom is -0.494 e. The van der Waals surface area contributed by atoms with Crippen LogP contribution in [0, 0.1) is 0 Å². The lowest BCUT2D eigenvalue weighted by molar-refractivity contribution is 0.202. The van der Waals surface area contributed by atoms with Crippen LogP contribution in [-0.4, -0.2) is 22.8 Å². The van der Waals surface area contributed by atoms with Crippen molar-refractivity contribution in [1.29, 1.82) is 0 Å². The molecule has 1 atom stereocenters. The second kappa shape index (κ2) is 5.35. The Bertz CT molecular complexity index is 460. The molecule has 1 aliphatic rings. The van der Waals surface area contributed by atoms with E-state index < -0.39 is 0 Å². The maximum Gasteiger partial charge on any atom is 0.185 e. The quantitative estimate of drug-likeness (QED) is 0.828. The lowest BCUT2D eigenvalue weighted by Crippen LogP contribution is -2.47. The highest BCUT2D eigenvalue weighted by Gasteiger charge is 2.38. The molecule has 1 aromatic rings. The monoisotopic (exact) mass is 279 g/mol. The van der Waals surface area contributed by atoms with Crippen LogP contribution in [0.2, 0.25) is 0 Å². The van der Waals surface area contributed by atoms with Crippen molar-refractivity contribution in [2.75, 3.05) is 6.61 Å². The summed E-state index contributed by atoms with van der Waals surface area (Å²) in [6.45, 7) is 8.94. The Kier molecular flexibility index (Phi) is 3.96. The Hall–Kier alpha value is -1.33. The summed E-state index contributed by atoms with van der Waals surface area (Å²) in [6.07, 6.45) is 0. The average molecular weight is 279 g/mol. The van der Waals surface area contributed by atoms with E-state index in [2.05, 4.69) is 43.6 Å². The van der Waals surface area contributed by atoms with Crippen LogP contribution in [0.5, 0.6) is 5.75 Å².